The second-order valence-electron chi connectivity index (χ2n) is 2.69. The molecule has 0 aromatic carbocycles. The number of hydrogen-bond donors (Lipinski definition) is 1. The molecule has 2 aromatic rings. The van der Waals surface area contributed by atoms with Gasteiger partial charge in [0, 0.05) is 13.6 Å². The highest BCUT2D eigenvalue weighted by Gasteiger charge is 2.13. The molecule has 0 aliphatic rings. The minimum atomic E-state index is 0.365. The normalized spacial score (nSPS) is 10.6. The molecule has 2 aromatic heterocycles. The van der Waals surface area contributed by atoms with Gasteiger partial charge in [0.25, 0.3) is 0 Å². The fraction of sp³-hybridized carbons (Fsp3) is 0.250. The number of rotatable bonds is 2. The minimum absolute atomic E-state index is 0.365. The third-order valence-corrected chi connectivity index (χ3v) is 1.84. The first kappa shape index (κ1) is 8.00. The van der Waals surface area contributed by atoms with Gasteiger partial charge in [0.05, 0.1) is 6.26 Å². The highest BCUT2D eigenvalue weighted by atomic mass is 16.3. The van der Waals surface area contributed by atoms with Crippen LogP contribution in [0, 0.1) is 0 Å². The van der Waals surface area contributed by atoms with Crippen LogP contribution in [-0.2, 0) is 13.6 Å². The molecule has 2 heterocycles. The third-order valence-electron chi connectivity index (χ3n) is 1.84. The molecule has 0 saturated heterocycles. The Morgan fingerprint density at radius 2 is 2.46 bits per heavy atom. The van der Waals surface area contributed by atoms with Crippen LogP contribution in [0.1, 0.15) is 5.69 Å². The molecule has 0 radical (unpaired) electrons. The van der Waals surface area contributed by atoms with Gasteiger partial charge in [-0.05, 0) is 12.1 Å². The second kappa shape index (κ2) is 3.02. The van der Waals surface area contributed by atoms with E-state index in [0.717, 1.165) is 17.1 Å². The summed E-state index contributed by atoms with van der Waals surface area (Å²) in [4.78, 5) is 0. The number of aromatic nitrogens is 3. The first-order chi connectivity index (χ1) is 6.33. The second-order valence-corrected chi connectivity index (χ2v) is 2.69. The van der Waals surface area contributed by atoms with Crippen LogP contribution < -0.4 is 5.73 Å². The average Bonchev–Trinajstić information content (AvgIpc) is 2.72. The van der Waals surface area contributed by atoms with Crippen molar-refractivity contribution in [3.8, 4) is 11.5 Å². The van der Waals surface area contributed by atoms with Crippen LogP contribution in [0.4, 0.5) is 0 Å². The van der Waals surface area contributed by atoms with Gasteiger partial charge in [-0.15, -0.1) is 5.10 Å². The van der Waals surface area contributed by atoms with Crippen molar-refractivity contribution >= 4 is 0 Å². The Morgan fingerprint density at radius 1 is 1.62 bits per heavy atom. The predicted octanol–water partition coefficient (Wildman–Crippen LogP) is 0.534. The Labute approximate surface area is 75.1 Å². The lowest BCUT2D eigenvalue weighted by Crippen LogP contribution is -2.00. The lowest BCUT2D eigenvalue weighted by molar-refractivity contribution is 0.572. The Morgan fingerprint density at radius 3 is 3.08 bits per heavy atom. The summed E-state index contributed by atoms with van der Waals surface area (Å²) in [5.41, 5.74) is 7.10. The van der Waals surface area contributed by atoms with E-state index in [2.05, 4.69) is 10.3 Å². The van der Waals surface area contributed by atoms with Gasteiger partial charge in [-0.25, -0.2) is 4.68 Å². The Balaban J connectivity index is 2.55. The zero-order chi connectivity index (χ0) is 9.26. The molecule has 5 nitrogen and oxygen atoms in total. The molecule has 13 heavy (non-hydrogen) atoms. The fourth-order valence-corrected chi connectivity index (χ4v) is 1.25. The molecule has 0 saturated carbocycles. The molecular formula is C8H10N4O. The van der Waals surface area contributed by atoms with Gasteiger partial charge in [0.1, 0.15) is 11.4 Å². The summed E-state index contributed by atoms with van der Waals surface area (Å²) in [5, 5.41) is 7.79. The van der Waals surface area contributed by atoms with E-state index in [1.165, 1.54) is 0 Å². The van der Waals surface area contributed by atoms with E-state index in [9.17, 15) is 0 Å². The van der Waals surface area contributed by atoms with E-state index in [0.29, 0.717) is 6.54 Å². The van der Waals surface area contributed by atoms with Crippen molar-refractivity contribution < 1.29 is 4.42 Å². The average molecular weight is 178 g/mol. The molecular weight excluding hydrogens is 168 g/mol. The van der Waals surface area contributed by atoms with E-state index in [1.54, 1.807) is 10.9 Å². The van der Waals surface area contributed by atoms with Gasteiger partial charge < -0.3 is 10.2 Å². The smallest absolute Gasteiger partial charge is 0.153 e. The van der Waals surface area contributed by atoms with Crippen LogP contribution in [0.5, 0.6) is 0 Å². The topological polar surface area (TPSA) is 69.9 Å². The zero-order valence-electron chi connectivity index (χ0n) is 7.27. The largest absolute Gasteiger partial charge is 0.463 e. The van der Waals surface area contributed by atoms with Gasteiger partial charge in [0.2, 0.25) is 0 Å². The van der Waals surface area contributed by atoms with Crippen LogP contribution in [-0.4, -0.2) is 15.0 Å². The summed E-state index contributed by atoms with van der Waals surface area (Å²) >= 11 is 0. The van der Waals surface area contributed by atoms with Crippen LogP contribution in [0.2, 0.25) is 0 Å². The summed E-state index contributed by atoms with van der Waals surface area (Å²) in [6, 6.07) is 3.68. The van der Waals surface area contributed by atoms with E-state index in [-0.39, 0.29) is 0 Å². The SMILES string of the molecule is Cn1nnc(CN)c1-c1ccco1. The lowest BCUT2D eigenvalue weighted by Gasteiger charge is -1.97. The maximum Gasteiger partial charge on any atom is 0.153 e. The van der Waals surface area contributed by atoms with Gasteiger partial charge >= 0.3 is 0 Å². The highest BCUT2D eigenvalue weighted by Crippen LogP contribution is 2.21. The van der Waals surface area contributed by atoms with E-state index in [1.807, 2.05) is 19.2 Å². The van der Waals surface area contributed by atoms with Crippen LogP contribution in [0.15, 0.2) is 22.8 Å². The molecule has 0 aliphatic heterocycles. The van der Waals surface area contributed by atoms with Crippen molar-refractivity contribution in [2.75, 3.05) is 0 Å². The Bertz CT molecular complexity index is 390. The molecule has 68 valence electrons. The van der Waals surface area contributed by atoms with Crippen molar-refractivity contribution in [1.82, 2.24) is 15.0 Å². The number of hydrogen-bond acceptors (Lipinski definition) is 4. The summed E-state index contributed by atoms with van der Waals surface area (Å²) in [7, 11) is 1.81. The standard InChI is InChI=1S/C8H10N4O/c1-12-8(6(5-9)10-11-12)7-3-2-4-13-7/h2-4H,5,9H2,1H3. The van der Waals surface area contributed by atoms with Crippen LogP contribution in [0.25, 0.3) is 11.5 Å². The van der Waals surface area contributed by atoms with Crippen molar-refractivity contribution in [1.29, 1.82) is 0 Å². The molecule has 0 atom stereocenters. The minimum Gasteiger partial charge on any atom is -0.463 e. The first-order valence-corrected chi connectivity index (χ1v) is 3.95. The van der Waals surface area contributed by atoms with Gasteiger partial charge in [0.15, 0.2) is 5.76 Å². The monoisotopic (exact) mass is 178 g/mol. The van der Waals surface area contributed by atoms with Gasteiger partial charge in [-0.3, -0.25) is 0 Å². The quantitative estimate of drug-likeness (QED) is 0.728. The molecule has 0 amide bonds. The number of furan rings is 1. The molecule has 0 unspecified atom stereocenters. The Kier molecular flexibility index (Phi) is 1.86. The predicted molar refractivity (Wildman–Crippen MR) is 46.6 cm³/mol. The van der Waals surface area contributed by atoms with Crippen molar-refractivity contribution in [2.24, 2.45) is 12.8 Å². The Hall–Kier alpha value is -1.62. The molecule has 0 spiro atoms. The van der Waals surface area contributed by atoms with Crippen LogP contribution in [0.3, 0.4) is 0 Å². The first-order valence-electron chi connectivity index (χ1n) is 3.95. The molecule has 2 N–H and O–H groups in total. The summed E-state index contributed by atoms with van der Waals surface area (Å²) in [6.45, 7) is 0.365. The summed E-state index contributed by atoms with van der Waals surface area (Å²) in [5.74, 6) is 0.743. The molecule has 5 heteroatoms. The van der Waals surface area contributed by atoms with Gasteiger partial charge in [-0.1, -0.05) is 5.21 Å². The molecule has 0 aliphatic carbocycles. The summed E-state index contributed by atoms with van der Waals surface area (Å²) in [6.07, 6.45) is 1.61. The van der Waals surface area contributed by atoms with E-state index < -0.39 is 0 Å². The molecule has 0 bridgehead atoms. The van der Waals surface area contributed by atoms with Gasteiger partial charge in [-0.2, -0.15) is 0 Å². The van der Waals surface area contributed by atoms with E-state index >= 15 is 0 Å². The maximum absolute atomic E-state index is 5.51. The zero-order valence-corrected chi connectivity index (χ0v) is 7.27. The highest BCUT2D eigenvalue weighted by molar-refractivity contribution is 5.54. The van der Waals surface area contributed by atoms with E-state index in [4.69, 9.17) is 10.2 Å². The third kappa shape index (κ3) is 1.23. The maximum atomic E-state index is 5.51. The number of nitrogens with two attached hydrogens (primary N) is 1. The van der Waals surface area contributed by atoms with Crippen molar-refractivity contribution in [3.05, 3.63) is 24.1 Å². The molecule has 2 rings (SSSR count). The van der Waals surface area contributed by atoms with Crippen molar-refractivity contribution in [2.45, 2.75) is 6.54 Å². The fourth-order valence-electron chi connectivity index (χ4n) is 1.25. The lowest BCUT2D eigenvalue weighted by atomic mass is 10.2. The molecule has 0 fully saturated rings. The van der Waals surface area contributed by atoms with Crippen molar-refractivity contribution in [3.63, 3.8) is 0 Å². The number of nitrogens with zero attached hydrogens (tertiary/aromatic N) is 3. The number of aryl methyl sites for hydroxylation is 1. The van der Waals surface area contributed by atoms with Crippen LogP contribution >= 0.6 is 0 Å². The summed E-state index contributed by atoms with van der Waals surface area (Å²) < 4.78 is 6.90.